The largest absolute Gasteiger partial charge is 0.295 e. The Morgan fingerprint density at radius 2 is 2.12 bits per heavy atom. The second-order valence-corrected chi connectivity index (χ2v) is 4.59. The smallest absolute Gasteiger partial charge is 0.269 e. The molecular weight excluding hydrogens is 220 g/mol. The van der Waals surface area contributed by atoms with E-state index in [4.69, 9.17) is 0 Å². The van der Waals surface area contributed by atoms with Crippen molar-refractivity contribution in [1.82, 2.24) is 9.78 Å². The van der Waals surface area contributed by atoms with Gasteiger partial charge < -0.3 is 0 Å². The normalized spacial score (nSPS) is 10.7. The van der Waals surface area contributed by atoms with E-state index in [1.54, 1.807) is 18.8 Å². The Morgan fingerprint density at radius 1 is 1.38 bits per heavy atom. The van der Waals surface area contributed by atoms with E-state index in [-0.39, 0.29) is 5.56 Å². The van der Waals surface area contributed by atoms with Crippen LogP contribution in [0.4, 0.5) is 0 Å². The molecule has 2 aromatic rings. The number of hydrogen-bond donors (Lipinski definition) is 1. The van der Waals surface area contributed by atoms with Gasteiger partial charge in [-0.2, -0.15) is 0 Å². The van der Waals surface area contributed by atoms with Crippen molar-refractivity contribution in [2.45, 2.75) is 11.8 Å². The molecule has 84 valence electrons. The summed E-state index contributed by atoms with van der Waals surface area (Å²) in [6, 6.07) is 8.16. The third-order valence-electron chi connectivity index (χ3n) is 2.64. The average Bonchev–Trinajstić information content (AvgIpc) is 2.57. The molecule has 0 radical (unpaired) electrons. The van der Waals surface area contributed by atoms with Crippen LogP contribution < -0.4 is 5.56 Å². The van der Waals surface area contributed by atoms with E-state index in [1.165, 1.54) is 9.58 Å². The maximum absolute atomic E-state index is 11.6. The summed E-state index contributed by atoms with van der Waals surface area (Å²) < 4.78 is 1.51. The summed E-state index contributed by atoms with van der Waals surface area (Å²) in [6.45, 7) is 1.85. The zero-order valence-electron chi connectivity index (χ0n) is 9.57. The first-order valence-corrected chi connectivity index (χ1v) is 6.26. The predicted octanol–water partition coefficient (Wildman–Crippen LogP) is 2.41. The summed E-state index contributed by atoms with van der Waals surface area (Å²) in [5.41, 5.74) is 2.76. The van der Waals surface area contributed by atoms with Crippen LogP contribution in [0.1, 0.15) is 5.56 Å². The van der Waals surface area contributed by atoms with Crippen molar-refractivity contribution in [3.05, 3.63) is 40.2 Å². The third-order valence-corrected chi connectivity index (χ3v) is 3.36. The Kier molecular flexibility index (Phi) is 2.92. The molecule has 0 aliphatic rings. The zero-order valence-corrected chi connectivity index (χ0v) is 10.4. The van der Waals surface area contributed by atoms with Crippen LogP contribution in [-0.2, 0) is 7.05 Å². The highest BCUT2D eigenvalue weighted by molar-refractivity contribution is 7.98. The summed E-state index contributed by atoms with van der Waals surface area (Å²) in [4.78, 5) is 12.8. The first kappa shape index (κ1) is 11.1. The third kappa shape index (κ3) is 1.80. The minimum absolute atomic E-state index is 0.0320. The van der Waals surface area contributed by atoms with Gasteiger partial charge in [-0.1, -0.05) is 12.1 Å². The van der Waals surface area contributed by atoms with Crippen LogP contribution >= 0.6 is 11.8 Å². The van der Waals surface area contributed by atoms with E-state index in [2.05, 4.69) is 17.2 Å². The highest BCUT2D eigenvalue weighted by Gasteiger charge is 2.09. The van der Waals surface area contributed by atoms with Gasteiger partial charge in [0, 0.05) is 23.1 Å². The van der Waals surface area contributed by atoms with Crippen molar-refractivity contribution in [1.29, 1.82) is 0 Å². The number of benzene rings is 1. The molecule has 1 N–H and O–H groups in total. The van der Waals surface area contributed by atoms with Gasteiger partial charge in [-0.25, -0.2) is 0 Å². The lowest BCUT2D eigenvalue weighted by Gasteiger charge is -2.02. The Morgan fingerprint density at radius 3 is 2.69 bits per heavy atom. The molecule has 0 spiro atoms. The van der Waals surface area contributed by atoms with Crippen LogP contribution in [-0.4, -0.2) is 16.0 Å². The Bertz CT molecular complexity index is 569. The van der Waals surface area contributed by atoms with Crippen molar-refractivity contribution in [3.8, 4) is 11.3 Å². The summed E-state index contributed by atoms with van der Waals surface area (Å²) in [5.74, 6) is 0. The molecule has 3 nitrogen and oxygen atoms in total. The molecule has 0 bridgehead atoms. The van der Waals surface area contributed by atoms with Crippen molar-refractivity contribution in [2.75, 3.05) is 6.26 Å². The number of nitrogens with one attached hydrogen (secondary N) is 1. The van der Waals surface area contributed by atoms with Crippen molar-refractivity contribution >= 4 is 11.8 Å². The number of hydrogen-bond acceptors (Lipinski definition) is 2. The fourth-order valence-corrected chi connectivity index (χ4v) is 2.18. The van der Waals surface area contributed by atoms with Gasteiger partial charge >= 0.3 is 0 Å². The second kappa shape index (κ2) is 4.22. The molecule has 0 amide bonds. The van der Waals surface area contributed by atoms with Crippen molar-refractivity contribution < 1.29 is 0 Å². The molecule has 1 aromatic carbocycles. The van der Waals surface area contributed by atoms with Gasteiger partial charge in [0.25, 0.3) is 5.56 Å². The van der Waals surface area contributed by atoms with E-state index in [1.807, 2.05) is 25.3 Å². The number of aryl methyl sites for hydroxylation is 1. The van der Waals surface area contributed by atoms with Crippen LogP contribution in [0.2, 0.25) is 0 Å². The lowest BCUT2D eigenvalue weighted by atomic mass is 10.1. The van der Waals surface area contributed by atoms with E-state index < -0.39 is 0 Å². The maximum Gasteiger partial charge on any atom is 0.269 e. The first-order chi connectivity index (χ1) is 7.63. The van der Waals surface area contributed by atoms with E-state index in [0.29, 0.717) is 0 Å². The molecule has 1 heterocycles. The Labute approximate surface area is 98.5 Å². The summed E-state index contributed by atoms with van der Waals surface area (Å²) in [5, 5.41) is 3.08. The monoisotopic (exact) mass is 234 g/mol. The van der Waals surface area contributed by atoms with Crippen LogP contribution in [0.3, 0.4) is 0 Å². The molecule has 4 heteroatoms. The number of aromatic amines is 1. The summed E-state index contributed by atoms with van der Waals surface area (Å²) in [7, 11) is 1.73. The molecule has 0 aliphatic heterocycles. The van der Waals surface area contributed by atoms with E-state index in [0.717, 1.165) is 16.8 Å². The SMILES string of the molecule is CSc1cccc(-c2[nH]n(C)c(=O)c2C)c1. The predicted molar refractivity (Wildman–Crippen MR) is 68.0 cm³/mol. The van der Waals surface area contributed by atoms with Crippen LogP contribution in [0.5, 0.6) is 0 Å². The van der Waals surface area contributed by atoms with Crippen molar-refractivity contribution in [2.24, 2.45) is 7.05 Å². The minimum atomic E-state index is 0.0320. The van der Waals surface area contributed by atoms with Gasteiger partial charge in [-0.15, -0.1) is 11.8 Å². The molecule has 16 heavy (non-hydrogen) atoms. The Balaban J connectivity index is 2.58. The van der Waals surface area contributed by atoms with Crippen LogP contribution in [0, 0.1) is 6.92 Å². The van der Waals surface area contributed by atoms with Gasteiger partial charge in [0.05, 0.1) is 5.69 Å². The molecule has 2 rings (SSSR count). The number of aromatic nitrogens is 2. The zero-order chi connectivity index (χ0) is 11.7. The van der Waals surface area contributed by atoms with Gasteiger partial charge in [-0.05, 0) is 25.3 Å². The fraction of sp³-hybridized carbons (Fsp3) is 0.250. The van der Waals surface area contributed by atoms with Crippen LogP contribution in [0.15, 0.2) is 34.0 Å². The number of thioether (sulfide) groups is 1. The highest BCUT2D eigenvalue weighted by atomic mass is 32.2. The molecule has 0 aliphatic carbocycles. The lowest BCUT2D eigenvalue weighted by molar-refractivity contribution is 0.741. The first-order valence-electron chi connectivity index (χ1n) is 5.03. The quantitative estimate of drug-likeness (QED) is 0.810. The topological polar surface area (TPSA) is 37.8 Å². The molecule has 0 atom stereocenters. The van der Waals surface area contributed by atoms with Gasteiger partial charge in [0.2, 0.25) is 0 Å². The molecular formula is C12H14N2OS. The minimum Gasteiger partial charge on any atom is -0.295 e. The number of rotatable bonds is 2. The average molecular weight is 234 g/mol. The van der Waals surface area contributed by atoms with Crippen LogP contribution in [0.25, 0.3) is 11.3 Å². The highest BCUT2D eigenvalue weighted by Crippen LogP contribution is 2.24. The second-order valence-electron chi connectivity index (χ2n) is 3.71. The maximum atomic E-state index is 11.6. The molecule has 0 fully saturated rings. The van der Waals surface area contributed by atoms with Gasteiger partial charge in [0.15, 0.2) is 0 Å². The lowest BCUT2D eigenvalue weighted by Crippen LogP contribution is -2.12. The van der Waals surface area contributed by atoms with E-state index >= 15 is 0 Å². The Hall–Kier alpha value is -1.42. The number of nitrogens with zero attached hydrogens (tertiary/aromatic N) is 1. The molecule has 1 aromatic heterocycles. The van der Waals surface area contributed by atoms with Gasteiger partial charge in [0.1, 0.15) is 0 Å². The molecule has 0 unspecified atom stereocenters. The standard InChI is InChI=1S/C12H14N2OS/c1-8-11(13-14(2)12(8)15)9-5-4-6-10(7-9)16-3/h4-7,13H,1-3H3. The summed E-state index contributed by atoms with van der Waals surface area (Å²) in [6.07, 6.45) is 2.04. The number of H-pyrrole nitrogens is 1. The fourth-order valence-electron chi connectivity index (χ4n) is 1.72. The molecule has 0 saturated heterocycles. The van der Waals surface area contributed by atoms with E-state index in [9.17, 15) is 4.79 Å². The summed E-state index contributed by atoms with van der Waals surface area (Å²) >= 11 is 1.70. The molecule has 0 saturated carbocycles. The van der Waals surface area contributed by atoms with Crippen molar-refractivity contribution in [3.63, 3.8) is 0 Å². The van der Waals surface area contributed by atoms with Gasteiger partial charge in [-0.3, -0.25) is 14.6 Å².